The smallest absolute Gasteiger partial charge is 0.254 e. The molecule has 2 amide bonds. The molecule has 6 rings (SSSR count). The highest BCUT2D eigenvalue weighted by molar-refractivity contribution is 8.25. The van der Waals surface area contributed by atoms with Crippen molar-refractivity contribution in [3.8, 4) is 0 Å². The molecule has 2 fully saturated rings. The van der Waals surface area contributed by atoms with E-state index in [-0.39, 0.29) is 18.4 Å². The molecule has 2 aromatic heterocycles. The fourth-order valence-electron chi connectivity index (χ4n) is 5.95. The van der Waals surface area contributed by atoms with Crippen molar-refractivity contribution < 1.29 is 18.4 Å². The number of thioether (sulfide) groups is 1. The molecule has 7 nitrogen and oxygen atoms in total. The quantitative estimate of drug-likeness (QED) is 0.502. The van der Waals surface area contributed by atoms with E-state index < -0.39 is 22.0 Å². The summed E-state index contributed by atoms with van der Waals surface area (Å²) in [6, 6.07) is 11.6. The Bertz CT molecular complexity index is 1370. The van der Waals surface area contributed by atoms with Gasteiger partial charge in [-0.1, -0.05) is 30.0 Å². The van der Waals surface area contributed by atoms with Crippen molar-refractivity contribution in [3.63, 3.8) is 0 Å². The van der Waals surface area contributed by atoms with E-state index in [0.29, 0.717) is 27.9 Å². The van der Waals surface area contributed by atoms with E-state index in [4.69, 9.17) is 16.6 Å². The van der Waals surface area contributed by atoms with Crippen molar-refractivity contribution in [2.24, 2.45) is 0 Å². The Morgan fingerprint density at radius 2 is 2.03 bits per heavy atom. The number of halogens is 1. The topological polar surface area (TPSA) is 69.9 Å². The van der Waals surface area contributed by atoms with Gasteiger partial charge in [0.2, 0.25) is 5.91 Å². The number of carbonyl (C=O) groups is 2. The van der Waals surface area contributed by atoms with E-state index in [9.17, 15) is 14.0 Å². The highest BCUT2D eigenvalue weighted by Gasteiger charge is 2.78. The number of likely N-dealkylation sites (N-methyl/N-ethyl adjacent to an activating group) is 2. The van der Waals surface area contributed by atoms with Crippen molar-refractivity contribution in [1.82, 2.24) is 14.8 Å². The van der Waals surface area contributed by atoms with Gasteiger partial charge in [-0.3, -0.25) is 24.4 Å². The first kappa shape index (κ1) is 22.4. The number of hydrogen-bond donors (Lipinski definition) is 0. The van der Waals surface area contributed by atoms with Crippen LogP contribution in [-0.4, -0.2) is 56.3 Å². The fourth-order valence-corrected chi connectivity index (χ4v) is 8.07. The Hall–Kier alpha value is -3.08. The summed E-state index contributed by atoms with van der Waals surface area (Å²) in [5.74, 6) is -0.885. The number of pyridine rings is 1. The van der Waals surface area contributed by atoms with E-state index in [1.54, 1.807) is 43.9 Å². The molecule has 1 aromatic carbocycles. The number of furan rings is 1. The predicted molar refractivity (Wildman–Crippen MR) is 133 cm³/mol. The molecule has 178 valence electrons. The van der Waals surface area contributed by atoms with Crippen LogP contribution in [-0.2, 0) is 21.7 Å². The largest absolute Gasteiger partial charge is 0.467 e. The Morgan fingerprint density at radius 1 is 1.20 bits per heavy atom. The van der Waals surface area contributed by atoms with Crippen LogP contribution in [0.25, 0.3) is 0 Å². The first-order valence-corrected chi connectivity index (χ1v) is 12.3. The van der Waals surface area contributed by atoms with Crippen LogP contribution in [0.2, 0.25) is 0 Å². The van der Waals surface area contributed by atoms with Gasteiger partial charge >= 0.3 is 0 Å². The van der Waals surface area contributed by atoms with E-state index in [1.807, 2.05) is 24.1 Å². The van der Waals surface area contributed by atoms with Crippen LogP contribution in [0.5, 0.6) is 0 Å². The zero-order valence-corrected chi connectivity index (χ0v) is 20.6. The van der Waals surface area contributed by atoms with Crippen molar-refractivity contribution >= 4 is 45.8 Å². The van der Waals surface area contributed by atoms with Gasteiger partial charge in [0.1, 0.15) is 20.6 Å². The molecule has 0 radical (unpaired) electrons. The molecule has 2 saturated heterocycles. The number of likely N-dealkylation sites (tertiary alicyclic amines) is 1. The van der Waals surface area contributed by atoms with Crippen LogP contribution < -0.4 is 4.90 Å². The molecule has 1 unspecified atom stereocenters. The second-order valence-electron chi connectivity index (χ2n) is 9.03. The van der Waals surface area contributed by atoms with Crippen LogP contribution in [0.15, 0.2) is 65.5 Å². The number of aromatic nitrogens is 1. The van der Waals surface area contributed by atoms with Crippen LogP contribution in [0.3, 0.4) is 0 Å². The second kappa shape index (κ2) is 7.71. The highest BCUT2D eigenvalue weighted by Crippen LogP contribution is 2.66. The normalized spacial score (nSPS) is 28.2. The van der Waals surface area contributed by atoms with Crippen LogP contribution in [0.1, 0.15) is 22.8 Å². The Kier molecular flexibility index (Phi) is 4.93. The lowest BCUT2D eigenvalue weighted by molar-refractivity contribution is -0.139. The average molecular weight is 509 g/mol. The Labute approximate surface area is 210 Å². The minimum atomic E-state index is -1.45. The third-order valence-electron chi connectivity index (χ3n) is 7.39. The molecule has 0 bridgehead atoms. The highest BCUT2D eigenvalue weighted by atomic mass is 32.2. The maximum Gasteiger partial charge on any atom is 0.254 e. The minimum Gasteiger partial charge on any atom is -0.467 e. The predicted octanol–water partition coefficient (Wildman–Crippen LogP) is 3.51. The summed E-state index contributed by atoms with van der Waals surface area (Å²) in [5, 5.41) is 0. The molecule has 5 heterocycles. The molecule has 3 aliphatic rings. The van der Waals surface area contributed by atoms with E-state index in [1.165, 1.54) is 33.7 Å². The summed E-state index contributed by atoms with van der Waals surface area (Å²) in [7, 11) is 3.48. The zero-order chi connectivity index (χ0) is 24.5. The van der Waals surface area contributed by atoms with E-state index >= 15 is 0 Å². The van der Waals surface area contributed by atoms with E-state index in [2.05, 4.69) is 4.98 Å². The molecule has 2 spiro atoms. The number of anilines is 1. The number of amides is 2. The number of hydrogen-bond acceptors (Lipinski definition) is 7. The third-order valence-corrected chi connectivity index (χ3v) is 9.34. The molecular weight excluding hydrogens is 487 g/mol. The lowest BCUT2D eigenvalue weighted by Gasteiger charge is -2.42. The first-order valence-electron chi connectivity index (χ1n) is 11.1. The Balaban J connectivity index is 1.62. The lowest BCUT2D eigenvalue weighted by Crippen LogP contribution is -2.62. The number of benzene rings is 1. The number of rotatable bonds is 3. The maximum absolute atomic E-state index is 14.7. The van der Waals surface area contributed by atoms with Crippen molar-refractivity contribution in [1.29, 1.82) is 0 Å². The fraction of sp³-hybridized carbons (Fsp3) is 0.280. The van der Waals surface area contributed by atoms with Crippen molar-refractivity contribution in [3.05, 3.63) is 83.8 Å². The number of fused-ring (bicyclic) bond motifs is 3. The summed E-state index contributed by atoms with van der Waals surface area (Å²) in [6.07, 6.45) is 4.93. The monoisotopic (exact) mass is 508 g/mol. The molecule has 35 heavy (non-hydrogen) atoms. The van der Waals surface area contributed by atoms with Crippen LogP contribution >= 0.6 is 24.0 Å². The van der Waals surface area contributed by atoms with Gasteiger partial charge in [-0.05, 0) is 49.0 Å². The second-order valence-corrected chi connectivity index (χ2v) is 10.9. The van der Waals surface area contributed by atoms with Gasteiger partial charge in [0, 0.05) is 43.2 Å². The maximum atomic E-state index is 14.7. The van der Waals surface area contributed by atoms with Gasteiger partial charge in [-0.25, -0.2) is 4.39 Å². The van der Waals surface area contributed by atoms with Gasteiger partial charge in [-0.15, -0.1) is 0 Å². The molecule has 3 aromatic rings. The first-order chi connectivity index (χ1) is 16.8. The van der Waals surface area contributed by atoms with Gasteiger partial charge in [-0.2, -0.15) is 0 Å². The molecule has 3 aliphatic heterocycles. The summed E-state index contributed by atoms with van der Waals surface area (Å²) in [6.45, 7) is 0.538. The third kappa shape index (κ3) is 2.75. The number of nitrogens with zero attached hydrogens (tertiary/aromatic N) is 4. The molecular formula is C25H21FN4O3S2. The SMILES string of the molecule is CN1C(=O)[C@@]2(c3cc(F)ccc31)N(C)CC(c1cccnc1)[C@@]21SC(=S)N(Cc2ccco2)C1=O. The molecule has 0 saturated carbocycles. The zero-order valence-electron chi connectivity index (χ0n) is 19.0. The Morgan fingerprint density at radius 3 is 2.74 bits per heavy atom. The average Bonchev–Trinajstić information content (AvgIpc) is 3.57. The summed E-state index contributed by atoms with van der Waals surface area (Å²) >= 11 is 6.96. The van der Waals surface area contributed by atoms with E-state index in [0.717, 1.165) is 5.56 Å². The van der Waals surface area contributed by atoms with Gasteiger partial charge in [0.15, 0.2) is 5.54 Å². The van der Waals surface area contributed by atoms with Gasteiger partial charge in [0.25, 0.3) is 5.91 Å². The molecule has 3 atom stereocenters. The van der Waals surface area contributed by atoms with Crippen LogP contribution in [0.4, 0.5) is 10.1 Å². The van der Waals surface area contributed by atoms with Gasteiger partial charge in [0.05, 0.1) is 12.8 Å². The molecule has 0 N–H and O–H groups in total. The van der Waals surface area contributed by atoms with Gasteiger partial charge < -0.3 is 9.32 Å². The standard InChI is InChI=1S/C25H21FN4O3S2/c1-28-14-19(15-5-3-9-27-12-15)25(22(32)30(23(34)35-25)13-17-6-4-10-33-17)24(28)18-11-16(26)7-8-20(18)29(2)21(24)31/h3-12,19H,13-14H2,1-2H3/t19?,24-,25+/m1/s1. The van der Waals surface area contributed by atoms with Crippen molar-refractivity contribution in [2.45, 2.75) is 22.7 Å². The summed E-state index contributed by atoms with van der Waals surface area (Å²) in [4.78, 5) is 38.0. The number of carbonyl (C=O) groups excluding carboxylic acids is 2. The molecule has 0 aliphatic carbocycles. The van der Waals surface area contributed by atoms with Crippen molar-refractivity contribution in [2.75, 3.05) is 25.5 Å². The molecule has 10 heteroatoms. The summed E-state index contributed by atoms with van der Waals surface area (Å²) < 4.78 is 19.2. The lowest BCUT2D eigenvalue weighted by atomic mass is 9.72. The minimum absolute atomic E-state index is 0.152. The van der Waals surface area contributed by atoms with Crippen LogP contribution in [0, 0.1) is 5.82 Å². The summed E-state index contributed by atoms with van der Waals surface area (Å²) in [5.41, 5.74) is 0.421. The number of thiocarbonyl (C=S) groups is 1.